The zero-order chi connectivity index (χ0) is 18.0. The minimum absolute atomic E-state index is 0.135. The number of anilines is 1. The number of carbonyl (C=O) groups excluding carboxylic acids is 1. The Bertz CT molecular complexity index is 994. The van der Waals surface area contributed by atoms with Crippen LogP contribution in [-0.4, -0.2) is 28.7 Å². The highest BCUT2D eigenvalue weighted by Gasteiger charge is 2.13. The predicted octanol–water partition coefficient (Wildman–Crippen LogP) is 3.34. The average molecular weight is 375 g/mol. The monoisotopic (exact) mass is 375 g/mol. The van der Waals surface area contributed by atoms with Crippen molar-refractivity contribution in [3.63, 3.8) is 0 Å². The topological polar surface area (TPSA) is 84.1 Å². The predicted molar refractivity (Wildman–Crippen MR) is 102 cm³/mol. The van der Waals surface area contributed by atoms with Crippen LogP contribution in [0.1, 0.15) is 10.4 Å². The number of thiophene rings is 1. The van der Waals surface area contributed by atoms with Crippen molar-refractivity contribution < 1.29 is 9.53 Å². The quantitative estimate of drug-likeness (QED) is 0.528. The van der Waals surface area contributed by atoms with E-state index in [2.05, 4.69) is 15.3 Å². The summed E-state index contributed by atoms with van der Waals surface area (Å²) in [5.74, 6) is 0.532. The summed E-state index contributed by atoms with van der Waals surface area (Å²) in [5.41, 5.74) is 1.40. The SMILES string of the molecule is COc1ccccc1NC(=O)CSc1nc2sc(C)c(C)c2c(=O)[nH]1. The van der Waals surface area contributed by atoms with Crippen molar-refractivity contribution in [2.45, 2.75) is 19.0 Å². The van der Waals surface area contributed by atoms with Gasteiger partial charge in [0.15, 0.2) is 5.16 Å². The van der Waals surface area contributed by atoms with E-state index in [-0.39, 0.29) is 17.2 Å². The Labute approximate surface area is 152 Å². The lowest BCUT2D eigenvalue weighted by atomic mass is 10.2. The molecule has 0 atom stereocenters. The van der Waals surface area contributed by atoms with Gasteiger partial charge in [-0.1, -0.05) is 23.9 Å². The molecule has 130 valence electrons. The Hall–Kier alpha value is -2.32. The molecule has 25 heavy (non-hydrogen) atoms. The molecule has 0 aliphatic carbocycles. The third-order valence-electron chi connectivity index (χ3n) is 3.74. The van der Waals surface area contributed by atoms with E-state index in [0.29, 0.717) is 26.8 Å². The third-order valence-corrected chi connectivity index (χ3v) is 5.71. The Kier molecular flexibility index (Phi) is 5.10. The second-order valence-corrected chi connectivity index (χ2v) is 7.54. The van der Waals surface area contributed by atoms with Gasteiger partial charge in [-0.15, -0.1) is 11.3 Å². The van der Waals surface area contributed by atoms with Crippen LogP contribution in [0.25, 0.3) is 10.2 Å². The largest absolute Gasteiger partial charge is 0.495 e. The van der Waals surface area contributed by atoms with Crippen LogP contribution in [0.15, 0.2) is 34.2 Å². The highest BCUT2D eigenvalue weighted by Crippen LogP contribution is 2.27. The van der Waals surface area contributed by atoms with E-state index < -0.39 is 0 Å². The summed E-state index contributed by atoms with van der Waals surface area (Å²) in [4.78, 5) is 33.4. The van der Waals surface area contributed by atoms with E-state index in [1.807, 2.05) is 26.0 Å². The molecule has 2 aromatic heterocycles. The molecule has 0 unspecified atom stereocenters. The molecule has 3 rings (SSSR count). The zero-order valence-corrected chi connectivity index (χ0v) is 15.6. The van der Waals surface area contributed by atoms with Gasteiger partial charge in [-0.25, -0.2) is 4.98 Å². The molecule has 3 aromatic rings. The summed E-state index contributed by atoms with van der Waals surface area (Å²) in [6.07, 6.45) is 0. The molecule has 2 N–H and O–H groups in total. The van der Waals surface area contributed by atoms with Crippen molar-refractivity contribution in [2.24, 2.45) is 0 Å². The number of hydrogen-bond donors (Lipinski definition) is 2. The molecule has 0 bridgehead atoms. The number of hydrogen-bond acceptors (Lipinski definition) is 6. The van der Waals surface area contributed by atoms with Gasteiger partial charge in [0, 0.05) is 4.88 Å². The molecule has 0 aliphatic rings. The summed E-state index contributed by atoms with van der Waals surface area (Å²) in [5, 5.41) is 3.86. The van der Waals surface area contributed by atoms with Crippen molar-refractivity contribution >= 4 is 44.9 Å². The van der Waals surface area contributed by atoms with Crippen molar-refractivity contribution in [3.05, 3.63) is 45.1 Å². The molecule has 1 amide bonds. The van der Waals surface area contributed by atoms with E-state index in [1.165, 1.54) is 23.1 Å². The molecule has 0 saturated heterocycles. The molecular weight excluding hydrogens is 358 g/mol. The van der Waals surface area contributed by atoms with Crippen LogP contribution in [0.4, 0.5) is 5.69 Å². The van der Waals surface area contributed by atoms with E-state index in [9.17, 15) is 9.59 Å². The summed E-state index contributed by atoms with van der Waals surface area (Å²) in [7, 11) is 1.55. The zero-order valence-electron chi connectivity index (χ0n) is 14.0. The van der Waals surface area contributed by atoms with Crippen LogP contribution in [-0.2, 0) is 4.79 Å². The Morgan fingerprint density at radius 2 is 2.12 bits per heavy atom. The minimum Gasteiger partial charge on any atom is -0.495 e. The second kappa shape index (κ2) is 7.28. The Morgan fingerprint density at radius 3 is 2.88 bits per heavy atom. The summed E-state index contributed by atoms with van der Waals surface area (Å²) in [6.45, 7) is 3.88. The summed E-state index contributed by atoms with van der Waals surface area (Å²) < 4.78 is 5.21. The number of carbonyl (C=O) groups is 1. The maximum Gasteiger partial charge on any atom is 0.260 e. The Morgan fingerprint density at radius 1 is 1.36 bits per heavy atom. The number of rotatable bonds is 5. The number of aryl methyl sites for hydroxylation is 2. The molecule has 1 aromatic carbocycles. The molecule has 0 radical (unpaired) electrons. The standard InChI is InChI=1S/C17H17N3O3S2/c1-9-10(2)25-16-14(9)15(22)19-17(20-16)24-8-13(21)18-11-6-4-5-7-12(11)23-3/h4-7H,8H2,1-3H3,(H,18,21)(H,19,20,22). The number of para-hydroxylation sites is 2. The van der Waals surface area contributed by atoms with Crippen LogP contribution in [0.3, 0.4) is 0 Å². The number of benzene rings is 1. The molecule has 0 spiro atoms. The van der Waals surface area contributed by atoms with Crippen molar-refractivity contribution in [3.8, 4) is 5.75 Å². The summed E-state index contributed by atoms with van der Waals surface area (Å²) >= 11 is 2.68. The van der Waals surface area contributed by atoms with Gasteiger partial charge < -0.3 is 15.0 Å². The van der Waals surface area contributed by atoms with Crippen molar-refractivity contribution in [2.75, 3.05) is 18.2 Å². The van der Waals surface area contributed by atoms with Gasteiger partial charge in [-0.3, -0.25) is 9.59 Å². The fourth-order valence-corrected chi connectivity index (χ4v) is 4.12. The number of fused-ring (bicyclic) bond motifs is 1. The number of nitrogens with one attached hydrogen (secondary N) is 2. The normalized spacial score (nSPS) is 10.8. The van der Waals surface area contributed by atoms with Gasteiger partial charge in [0.25, 0.3) is 5.56 Å². The first kappa shape index (κ1) is 17.5. The second-order valence-electron chi connectivity index (χ2n) is 5.37. The van der Waals surface area contributed by atoms with Crippen molar-refractivity contribution in [1.29, 1.82) is 0 Å². The van der Waals surface area contributed by atoms with Crippen LogP contribution in [0.5, 0.6) is 5.75 Å². The lowest BCUT2D eigenvalue weighted by Gasteiger charge is -2.09. The fraction of sp³-hybridized carbons (Fsp3) is 0.235. The van der Waals surface area contributed by atoms with Crippen LogP contribution < -0.4 is 15.6 Å². The maximum atomic E-state index is 12.2. The number of H-pyrrole nitrogens is 1. The van der Waals surface area contributed by atoms with Crippen LogP contribution in [0.2, 0.25) is 0 Å². The first-order valence-electron chi connectivity index (χ1n) is 7.55. The van der Waals surface area contributed by atoms with Crippen LogP contribution >= 0.6 is 23.1 Å². The third kappa shape index (κ3) is 3.69. The first-order chi connectivity index (χ1) is 12.0. The number of ether oxygens (including phenoxy) is 1. The lowest BCUT2D eigenvalue weighted by molar-refractivity contribution is -0.113. The number of amides is 1. The van der Waals surface area contributed by atoms with Gasteiger partial charge in [-0.05, 0) is 31.5 Å². The van der Waals surface area contributed by atoms with E-state index >= 15 is 0 Å². The Balaban J connectivity index is 1.72. The number of aromatic nitrogens is 2. The average Bonchev–Trinajstić information content (AvgIpc) is 2.88. The van der Waals surface area contributed by atoms with Gasteiger partial charge >= 0.3 is 0 Å². The molecule has 6 nitrogen and oxygen atoms in total. The molecule has 0 aliphatic heterocycles. The number of methoxy groups -OCH3 is 1. The highest BCUT2D eigenvalue weighted by molar-refractivity contribution is 7.99. The number of aromatic amines is 1. The lowest BCUT2D eigenvalue weighted by Crippen LogP contribution is -2.16. The van der Waals surface area contributed by atoms with Gasteiger partial charge in [0.2, 0.25) is 5.91 Å². The molecule has 8 heteroatoms. The van der Waals surface area contributed by atoms with Gasteiger partial charge in [0.1, 0.15) is 10.6 Å². The van der Waals surface area contributed by atoms with Crippen LogP contribution in [0, 0.1) is 13.8 Å². The molecule has 0 fully saturated rings. The van der Waals surface area contributed by atoms with E-state index in [4.69, 9.17) is 4.74 Å². The minimum atomic E-state index is -0.198. The maximum absolute atomic E-state index is 12.2. The molecule has 0 saturated carbocycles. The number of thioether (sulfide) groups is 1. The fourth-order valence-electron chi connectivity index (χ4n) is 2.37. The molecule has 2 heterocycles. The highest BCUT2D eigenvalue weighted by atomic mass is 32.2. The van der Waals surface area contributed by atoms with Gasteiger partial charge in [0.05, 0.1) is 23.9 Å². The number of nitrogens with zero attached hydrogens (tertiary/aromatic N) is 1. The first-order valence-corrected chi connectivity index (χ1v) is 9.35. The molecular formula is C17H17N3O3S2. The van der Waals surface area contributed by atoms with E-state index in [0.717, 1.165) is 10.4 Å². The van der Waals surface area contributed by atoms with Gasteiger partial charge in [-0.2, -0.15) is 0 Å². The summed E-state index contributed by atoms with van der Waals surface area (Å²) in [6, 6.07) is 7.19. The van der Waals surface area contributed by atoms with Crippen molar-refractivity contribution in [1.82, 2.24) is 9.97 Å². The van der Waals surface area contributed by atoms with E-state index in [1.54, 1.807) is 19.2 Å². The smallest absolute Gasteiger partial charge is 0.260 e.